The van der Waals surface area contributed by atoms with E-state index in [-0.39, 0.29) is 5.66 Å². The maximum absolute atomic E-state index is 10.5. The Kier molecular flexibility index (Phi) is 3.13. The van der Waals surface area contributed by atoms with E-state index in [1.807, 2.05) is 0 Å². The fourth-order valence-electron chi connectivity index (χ4n) is 2.44. The first-order chi connectivity index (χ1) is 6.41. The summed E-state index contributed by atoms with van der Waals surface area (Å²) in [7, 11) is 6.33. The minimum absolute atomic E-state index is 0.223. The van der Waals surface area contributed by atoms with Gasteiger partial charge in [-0.05, 0) is 12.3 Å². The average Bonchev–Trinajstić information content (AvgIpc) is 2.02. The van der Waals surface area contributed by atoms with Crippen molar-refractivity contribution in [2.45, 2.75) is 38.3 Å². The van der Waals surface area contributed by atoms with Crippen molar-refractivity contribution in [3.63, 3.8) is 0 Å². The van der Waals surface area contributed by atoms with Gasteiger partial charge in [0, 0.05) is 12.8 Å². The molecule has 1 saturated carbocycles. The van der Waals surface area contributed by atoms with Gasteiger partial charge < -0.3 is 4.48 Å². The van der Waals surface area contributed by atoms with E-state index < -0.39 is 0 Å². The summed E-state index contributed by atoms with van der Waals surface area (Å²) in [5.41, 5.74) is -0.223. The quantitative estimate of drug-likeness (QED) is 0.378. The van der Waals surface area contributed by atoms with Gasteiger partial charge in [0.05, 0.1) is 21.1 Å². The van der Waals surface area contributed by atoms with Crippen LogP contribution in [0.3, 0.4) is 0 Å². The topological polar surface area (TPSA) is 29.4 Å². The van der Waals surface area contributed by atoms with Crippen LogP contribution in [-0.2, 0) is 4.79 Å². The lowest BCUT2D eigenvalue weighted by Crippen LogP contribution is -2.57. The average molecular weight is 197 g/mol. The zero-order valence-electron chi connectivity index (χ0n) is 9.71. The first-order valence-electron chi connectivity index (χ1n) is 5.32. The van der Waals surface area contributed by atoms with E-state index in [2.05, 4.69) is 33.1 Å². The molecule has 0 aromatic heterocycles. The van der Waals surface area contributed by atoms with E-state index in [1.54, 1.807) is 6.08 Å². The van der Waals surface area contributed by atoms with Crippen LogP contribution in [0.1, 0.15) is 32.6 Å². The Morgan fingerprint density at radius 1 is 1.43 bits per heavy atom. The number of hydrogen-bond donors (Lipinski definition) is 0. The van der Waals surface area contributed by atoms with Crippen LogP contribution in [0, 0.1) is 5.92 Å². The highest BCUT2D eigenvalue weighted by molar-refractivity contribution is 5.34. The summed E-state index contributed by atoms with van der Waals surface area (Å²) in [6, 6.07) is 0. The number of nitrogens with zero attached hydrogens (tertiary/aromatic N) is 2. The van der Waals surface area contributed by atoms with Gasteiger partial charge in [-0.3, -0.25) is 0 Å². The normalized spacial score (nSPS) is 33.6. The Bertz CT molecular complexity index is 251. The molecular weight excluding hydrogens is 176 g/mol. The molecule has 0 aromatic carbocycles. The summed E-state index contributed by atoms with van der Waals surface area (Å²) in [4.78, 5) is 14.6. The molecule has 0 amide bonds. The Balaban J connectivity index is 2.97. The van der Waals surface area contributed by atoms with Crippen molar-refractivity contribution in [3.8, 4) is 0 Å². The molecule has 2 atom stereocenters. The molecule has 1 rings (SSSR count). The van der Waals surface area contributed by atoms with Crippen molar-refractivity contribution < 1.29 is 9.28 Å². The van der Waals surface area contributed by atoms with Gasteiger partial charge in [-0.1, -0.05) is 13.3 Å². The van der Waals surface area contributed by atoms with Crippen LogP contribution in [0.15, 0.2) is 4.99 Å². The zero-order valence-corrected chi connectivity index (χ0v) is 9.71. The Hall–Kier alpha value is -0.660. The monoisotopic (exact) mass is 197 g/mol. The molecule has 1 aliphatic carbocycles. The first kappa shape index (κ1) is 11.4. The summed E-state index contributed by atoms with van der Waals surface area (Å²) in [6.07, 6.45) is 6.21. The van der Waals surface area contributed by atoms with Crippen molar-refractivity contribution in [1.29, 1.82) is 0 Å². The first-order valence-corrected chi connectivity index (χ1v) is 5.32. The third-order valence-electron chi connectivity index (χ3n) is 3.45. The minimum atomic E-state index is -0.223. The maximum atomic E-state index is 10.5. The van der Waals surface area contributed by atoms with E-state index in [1.165, 1.54) is 12.8 Å². The van der Waals surface area contributed by atoms with Crippen LogP contribution in [0.25, 0.3) is 0 Å². The molecule has 0 heterocycles. The molecule has 0 spiro atoms. The van der Waals surface area contributed by atoms with Crippen LogP contribution in [0.5, 0.6) is 0 Å². The zero-order chi connectivity index (χ0) is 10.8. The molecule has 0 saturated heterocycles. The second-order valence-corrected chi connectivity index (χ2v) is 5.40. The number of hydrogen-bond acceptors (Lipinski definition) is 2. The standard InChI is InChI=1S/C11H21N2O/c1-10-6-5-7-11(8-10,12-9-14)13(2,3)4/h10H,5-8H2,1-4H3/q+1. The molecule has 80 valence electrons. The molecule has 1 aliphatic rings. The molecule has 0 bridgehead atoms. The lowest BCUT2D eigenvalue weighted by atomic mass is 9.80. The molecule has 0 radical (unpaired) electrons. The second kappa shape index (κ2) is 3.84. The maximum Gasteiger partial charge on any atom is 0.240 e. The third kappa shape index (κ3) is 2.05. The Morgan fingerprint density at radius 2 is 2.07 bits per heavy atom. The van der Waals surface area contributed by atoms with Gasteiger partial charge in [0.1, 0.15) is 0 Å². The van der Waals surface area contributed by atoms with E-state index in [0.717, 1.165) is 17.3 Å². The molecule has 1 fully saturated rings. The fourth-order valence-corrected chi connectivity index (χ4v) is 2.44. The predicted octanol–water partition coefficient (Wildman–Crippen LogP) is 1.93. The number of aliphatic imine (C=N–C) groups is 1. The number of carbonyl (C=O) groups excluding carboxylic acids is 1. The molecule has 3 heteroatoms. The van der Waals surface area contributed by atoms with E-state index >= 15 is 0 Å². The van der Waals surface area contributed by atoms with Crippen LogP contribution in [0.2, 0.25) is 0 Å². The van der Waals surface area contributed by atoms with Crippen molar-refractivity contribution in [3.05, 3.63) is 0 Å². The van der Waals surface area contributed by atoms with Gasteiger partial charge in [-0.2, -0.15) is 0 Å². The SMILES string of the molecule is CC1CCCC(N=C=O)([N+](C)(C)C)C1. The summed E-state index contributed by atoms with van der Waals surface area (Å²) in [5.74, 6) is 0.665. The van der Waals surface area contributed by atoms with E-state index in [0.29, 0.717) is 5.92 Å². The molecule has 0 aliphatic heterocycles. The third-order valence-corrected chi connectivity index (χ3v) is 3.45. The van der Waals surface area contributed by atoms with Crippen LogP contribution in [0.4, 0.5) is 0 Å². The van der Waals surface area contributed by atoms with Crippen LogP contribution in [-0.4, -0.2) is 37.4 Å². The lowest BCUT2D eigenvalue weighted by Gasteiger charge is -2.46. The van der Waals surface area contributed by atoms with Gasteiger partial charge in [0.25, 0.3) is 0 Å². The van der Waals surface area contributed by atoms with Gasteiger partial charge in [-0.15, -0.1) is 4.99 Å². The molecule has 14 heavy (non-hydrogen) atoms. The van der Waals surface area contributed by atoms with Gasteiger partial charge in [0.2, 0.25) is 11.7 Å². The lowest BCUT2D eigenvalue weighted by molar-refractivity contribution is -0.925. The predicted molar refractivity (Wildman–Crippen MR) is 56.5 cm³/mol. The van der Waals surface area contributed by atoms with Gasteiger partial charge in [-0.25, -0.2) is 4.79 Å². The van der Waals surface area contributed by atoms with Crippen molar-refractivity contribution >= 4 is 6.08 Å². The highest BCUT2D eigenvalue weighted by Crippen LogP contribution is 2.39. The summed E-state index contributed by atoms with van der Waals surface area (Å²) in [6.45, 7) is 2.24. The Morgan fingerprint density at radius 3 is 2.50 bits per heavy atom. The summed E-state index contributed by atoms with van der Waals surface area (Å²) >= 11 is 0. The highest BCUT2D eigenvalue weighted by Gasteiger charge is 2.46. The number of rotatable bonds is 2. The van der Waals surface area contributed by atoms with Crippen molar-refractivity contribution in [1.82, 2.24) is 0 Å². The minimum Gasteiger partial charge on any atom is -0.307 e. The summed E-state index contributed by atoms with van der Waals surface area (Å²) in [5, 5.41) is 0. The molecule has 0 aromatic rings. The molecule has 3 nitrogen and oxygen atoms in total. The largest absolute Gasteiger partial charge is 0.307 e. The van der Waals surface area contributed by atoms with Crippen LogP contribution >= 0.6 is 0 Å². The smallest absolute Gasteiger partial charge is 0.240 e. The number of quaternary nitrogens is 1. The van der Waals surface area contributed by atoms with Crippen molar-refractivity contribution in [2.24, 2.45) is 10.9 Å². The van der Waals surface area contributed by atoms with Crippen molar-refractivity contribution in [2.75, 3.05) is 21.1 Å². The highest BCUT2D eigenvalue weighted by atomic mass is 16.1. The van der Waals surface area contributed by atoms with Crippen LogP contribution < -0.4 is 0 Å². The second-order valence-electron chi connectivity index (χ2n) is 5.40. The summed E-state index contributed by atoms with van der Waals surface area (Å²) < 4.78 is 0.729. The fraction of sp³-hybridized carbons (Fsp3) is 0.909. The molecule has 2 unspecified atom stereocenters. The van der Waals surface area contributed by atoms with E-state index in [9.17, 15) is 4.79 Å². The van der Waals surface area contributed by atoms with E-state index in [4.69, 9.17) is 0 Å². The van der Waals surface area contributed by atoms with Gasteiger partial charge >= 0.3 is 0 Å². The molecule has 0 N–H and O–H groups in total. The molecular formula is C11H21N2O+. The Labute approximate surface area is 86.4 Å². The van der Waals surface area contributed by atoms with Gasteiger partial charge in [0.15, 0.2) is 0 Å². The number of isocyanates is 1.